The largest absolute Gasteiger partial charge is 0.385 e. The fraction of sp³-hybridized carbons (Fsp3) is 0.478. The molecule has 2 aromatic heterocycles. The molecule has 150 valence electrons. The Labute approximate surface area is 168 Å². The maximum absolute atomic E-state index is 4.99. The van der Waals surface area contributed by atoms with Gasteiger partial charge in [0.05, 0.1) is 17.3 Å². The van der Waals surface area contributed by atoms with Gasteiger partial charge in [0, 0.05) is 30.4 Å². The van der Waals surface area contributed by atoms with E-state index in [0.29, 0.717) is 0 Å². The molecule has 0 aliphatic heterocycles. The molecule has 28 heavy (non-hydrogen) atoms. The molecule has 0 aliphatic carbocycles. The third-order valence-electron chi connectivity index (χ3n) is 4.99. The van der Waals surface area contributed by atoms with Gasteiger partial charge in [0.15, 0.2) is 5.65 Å². The van der Waals surface area contributed by atoms with E-state index in [4.69, 9.17) is 4.98 Å². The van der Waals surface area contributed by atoms with Crippen LogP contribution in [-0.2, 0) is 6.54 Å². The highest BCUT2D eigenvalue weighted by Crippen LogP contribution is 2.30. The van der Waals surface area contributed by atoms with Gasteiger partial charge in [0.1, 0.15) is 0 Å². The Bertz CT molecular complexity index is 912. The number of pyridine rings is 1. The van der Waals surface area contributed by atoms with E-state index in [1.807, 2.05) is 10.9 Å². The second-order valence-corrected chi connectivity index (χ2v) is 7.80. The lowest BCUT2D eigenvalue weighted by molar-refractivity contribution is 0.321. The molecule has 1 N–H and O–H groups in total. The molecule has 0 amide bonds. The van der Waals surface area contributed by atoms with Crippen molar-refractivity contribution >= 4 is 16.7 Å². The molecular weight excluding hydrogens is 346 g/mol. The molecule has 5 nitrogen and oxygen atoms in total. The molecule has 0 fully saturated rings. The van der Waals surface area contributed by atoms with E-state index in [1.54, 1.807) is 0 Å². The number of anilines is 1. The van der Waals surface area contributed by atoms with Crippen LogP contribution in [0.15, 0.2) is 36.5 Å². The van der Waals surface area contributed by atoms with Crippen molar-refractivity contribution in [3.63, 3.8) is 0 Å². The van der Waals surface area contributed by atoms with Crippen LogP contribution in [0.4, 0.5) is 5.69 Å². The number of rotatable bonds is 9. The van der Waals surface area contributed by atoms with Gasteiger partial charge in [-0.05, 0) is 58.5 Å². The molecule has 0 saturated carbocycles. The highest BCUT2D eigenvalue weighted by Gasteiger charge is 2.14. The molecule has 0 saturated heterocycles. The second-order valence-electron chi connectivity index (χ2n) is 7.80. The Morgan fingerprint density at radius 1 is 1.18 bits per heavy atom. The monoisotopic (exact) mass is 379 g/mol. The van der Waals surface area contributed by atoms with Gasteiger partial charge >= 0.3 is 0 Å². The zero-order valence-electron chi connectivity index (χ0n) is 17.9. The Balaban J connectivity index is 1.98. The fourth-order valence-corrected chi connectivity index (χ4v) is 3.53. The quantitative estimate of drug-likeness (QED) is 0.545. The van der Waals surface area contributed by atoms with Crippen LogP contribution in [0.1, 0.15) is 52.1 Å². The average Bonchev–Trinajstić information content (AvgIpc) is 3.11. The molecule has 3 aromatic rings. The summed E-state index contributed by atoms with van der Waals surface area (Å²) < 4.78 is 2.00. The van der Waals surface area contributed by atoms with E-state index >= 15 is 0 Å². The summed E-state index contributed by atoms with van der Waals surface area (Å²) in [5.41, 5.74) is 5.50. The van der Waals surface area contributed by atoms with Crippen LogP contribution in [0.5, 0.6) is 0 Å². The zero-order valence-corrected chi connectivity index (χ0v) is 17.9. The second kappa shape index (κ2) is 9.20. The van der Waals surface area contributed by atoms with Gasteiger partial charge in [-0.3, -0.25) is 0 Å². The lowest BCUT2D eigenvalue weighted by atomic mass is 10.1. The van der Waals surface area contributed by atoms with Gasteiger partial charge in [0.2, 0.25) is 0 Å². The molecule has 1 aromatic carbocycles. The van der Waals surface area contributed by atoms with Crippen LogP contribution >= 0.6 is 0 Å². The summed E-state index contributed by atoms with van der Waals surface area (Å²) in [6, 6.07) is 11.2. The first kappa shape index (κ1) is 20.3. The van der Waals surface area contributed by atoms with Crippen LogP contribution in [0.3, 0.4) is 0 Å². The predicted octanol–water partition coefficient (Wildman–Crippen LogP) is 5.34. The number of unbranched alkanes of at least 4 members (excludes halogenated alkanes) is 1. The first-order valence-electron chi connectivity index (χ1n) is 10.4. The van der Waals surface area contributed by atoms with Crippen LogP contribution in [-0.4, -0.2) is 39.8 Å². The SMILES string of the molecule is CCCCN(C)Cc1cccc(-c2cc(NCC)c3cnn(C(C)C)c3n2)c1. The molecule has 0 atom stereocenters. The first-order valence-corrected chi connectivity index (χ1v) is 10.4. The van der Waals surface area contributed by atoms with Gasteiger partial charge in [-0.2, -0.15) is 5.10 Å². The number of aromatic nitrogens is 3. The van der Waals surface area contributed by atoms with Crippen molar-refractivity contribution in [1.29, 1.82) is 0 Å². The molecule has 3 rings (SSSR count). The number of nitrogens with one attached hydrogen (secondary N) is 1. The van der Waals surface area contributed by atoms with E-state index in [0.717, 1.165) is 47.6 Å². The first-order chi connectivity index (χ1) is 13.5. The minimum atomic E-state index is 0.272. The molecule has 0 spiro atoms. The summed E-state index contributed by atoms with van der Waals surface area (Å²) in [4.78, 5) is 7.37. The summed E-state index contributed by atoms with van der Waals surface area (Å²) in [6.45, 7) is 11.6. The molecular formula is C23H33N5. The Morgan fingerprint density at radius 2 is 2.00 bits per heavy atom. The maximum Gasteiger partial charge on any atom is 0.160 e. The van der Waals surface area contributed by atoms with E-state index < -0.39 is 0 Å². The highest BCUT2D eigenvalue weighted by molar-refractivity contribution is 5.91. The van der Waals surface area contributed by atoms with Crippen LogP contribution in [0.25, 0.3) is 22.3 Å². The molecule has 2 heterocycles. The molecule has 0 bridgehead atoms. The molecule has 0 aliphatic rings. The minimum absolute atomic E-state index is 0.272. The smallest absolute Gasteiger partial charge is 0.160 e. The van der Waals surface area contributed by atoms with Crippen molar-refractivity contribution in [3.05, 3.63) is 42.1 Å². The van der Waals surface area contributed by atoms with Crippen molar-refractivity contribution < 1.29 is 0 Å². The van der Waals surface area contributed by atoms with E-state index in [1.165, 1.54) is 18.4 Å². The standard InChI is InChI=1S/C23H33N5/c1-6-8-12-27(5)16-18-10-9-11-19(13-18)21-14-22(24-7-2)20-15-25-28(17(3)4)23(20)26-21/h9-11,13-15,17H,6-8,12,16H2,1-5H3,(H,24,26). The van der Waals surface area contributed by atoms with Crippen molar-refractivity contribution in [2.45, 2.75) is 53.1 Å². The third kappa shape index (κ3) is 4.53. The van der Waals surface area contributed by atoms with Crippen LogP contribution in [0.2, 0.25) is 0 Å². The third-order valence-corrected chi connectivity index (χ3v) is 4.99. The summed E-state index contributed by atoms with van der Waals surface area (Å²) in [6.07, 6.45) is 4.38. The number of benzene rings is 1. The van der Waals surface area contributed by atoms with Gasteiger partial charge < -0.3 is 10.2 Å². The van der Waals surface area contributed by atoms with Gasteiger partial charge in [-0.1, -0.05) is 31.5 Å². The van der Waals surface area contributed by atoms with Gasteiger partial charge in [-0.25, -0.2) is 9.67 Å². The predicted molar refractivity (Wildman–Crippen MR) is 119 cm³/mol. The van der Waals surface area contributed by atoms with Crippen molar-refractivity contribution in [1.82, 2.24) is 19.7 Å². The molecule has 5 heteroatoms. The number of hydrogen-bond acceptors (Lipinski definition) is 4. The minimum Gasteiger partial charge on any atom is -0.385 e. The zero-order chi connectivity index (χ0) is 20.1. The van der Waals surface area contributed by atoms with E-state index in [9.17, 15) is 0 Å². The average molecular weight is 380 g/mol. The van der Waals surface area contributed by atoms with E-state index in [2.05, 4.69) is 80.4 Å². The van der Waals surface area contributed by atoms with Gasteiger partial charge in [-0.15, -0.1) is 0 Å². The van der Waals surface area contributed by atoms with Crippen molar-refractivity contribution in [2.24, 2.45) is 0 Å². The molecule has 0 radical (unpaired) electrons. The van der Waals surface area contributed by atoms with Gasteiger partial charge in [0.25, 0.3) is 0 Å². The summed E-state index contributed by atoms with van der Waals surface area (Å²) in [5.74, 6) is 0. The van der Waals surface area contributed by atoms with Crippen molar-refractivity contribution in [2.75, 3.05) is 25.5 Å². The number of nitrogens with zero attached hydrogens (tertiary/aromatic N) is 4. The fourth-order valence-electron chi connectivity index (χ4n) is 3.53. The van der Waals surface area contributed by atoms with Crippen LogP contribution in [0, 0.1) is 0 Å². The Hall–Kier alpha value is -2.40. The summed E-state index contributed by atoms with van der Waals surface area (Å²) >= 11 is 0. The maximum atomic E-state index is 4.99. The Kier molecular flexibility index (Phi) is 6.68. The number of fused-ring (bicyclic) bond motifs is 1. The lowest BCUT2D eigenvalue weighted by Crippen LogP contribution is -2.18. The topological polar surface area (TPSA) is 46.0 Å². The normalized spacial score (nSPS) is 11.7. The lowest BCUT2D eigenvalue weighted by Gasteiger charge is -2.17. The number of hydrogen-bond donors (Lipinski definition) is 1. The van der Waals surface area contributed by atoms with Crippen molar-refractivity contribution in [3.8, 4) is 11.3 Å². The Morgan fingerprint density at radius 3 is 2.71 bits per heavy atom. The summed E-state index contributed by atoms with van der Waals surface area (Å²) in [5, 5.41) is 9.13. The summed E-state index contributed by atoms with van der Waals surface area (Å²) in [7, 11) is 2.19. The molecule has 0 unspecified atom stereocenters. The van der Waals surface area contributed by atoms with Crippen LogP contribution < -0.4 is 5.32 Å². The highest BCUT2D eigenvalue weighted by atomic mass is 15.3. The van der Waals surface area contributed by atoms with E-state index in [-0.39, 0.29) is 6.04 Å².